The molecule has 5 heterocycles. The summed E-state index contributed by atoms with van der Waals surface area (Å²) >= 11 is 6.58. The highest BCUT2D eigenvalue weighted by Crippen LogP contribution is 2.37. The Labute approximate surface area is 186 Å². The fourth-order valence-corrected chi connectivity index (χ4v) is 5.61. The van der Waals surface area contributed by atoms with Gasteiger partial charge in [0.05, 0.1) is 36.3 Å². The Morgan fingerprint density at radius 2 is 1.94 bits per heavy atom. The molecule has 8 heteroatoms. The molecule has 3 aromatic rings. The summed E-state index contributed by atoms with van der Waals surface area (Å²) in [5.74, 6) is 1.05. The summed E-state index contributed by atoms with van der Waals surface area (Å²) in [6.07, 6.45) is 7.15. The van der Waals surface area contributed by atoms with Crippen molar-refractivity contribution in [1.29, 1.82) is 0 Å². The Bertz CT molecular complexity index is 1140. The molecule has 2 atom stereocenters. The van der Waals surface area contributed by atoms with E-state index in [0.717, 1.165) is 59.0 Å². The summed E-state index contributed by atoms with van der Waals surface area (Å²) in [6, 6.07) is 7.51. The van der Waals surface area contributed by atoms with Gasteiger partial charge in [-0.05, 0) is 25.3 Å². The highest BCUT2D eigenvalue weighted by atomic mass is 35.5. The van der Waals surface area contributed by atoms with E-state index in [1.807, 2.05) is 24.5 Å². The number of anilines is 2. The van der Waals surface area contributed by atoms with E-state index in [4.69, 9.17) is 26.3 Å². The van der Waals surface area contributed by atoms with Crippen LogP contribution in [0.15, 0.2) is 30.6 Å². The van der Waals surface area contributed by atoms with E-state index in [9.17, 15) is 0 Å². The van der Waals surface area contributed by atoms with Crippen molar-refractivity contribution in [2.75, 3.05) is 36.5 Å². The summed E-state index contributed by atoms with van der Waals surface area (Å²) < 4.78 is 5.49. The number of nitrogens with one attached hydrogen (secondary N) is 1. The molecule has 0 radical (unpaired) electrons. The van der Waals surface area contributed by atoms with Gasteiger partial charge in [-0.3, -0.25) is 4.98 Å². The van der Waals surface area contributed by atoms with E-state index in [0.29, 0.717) is 24.6 Å². The molecule has 7 nitrogen and oxygen atoms in total. The Kier molecular flexibility index (Phi) is 4.61. The molecule has 0 spiro atoms. The first-order chi connectivity index (χ1) is 15.2. The highest BCUT2D eigenvalue weighted by Gasteiger charge is 2.35. The van der Waals surface area contributed by atoms with Gasteiger partial charge in [0.25, 0.3) is 0 Å². The van der Waals surface area contributed by atoms with Crippen LogP contribution in [0.3, 0.4) is 0 Å². The minimum atomic E-state index is 0.440. The van der Waals surface area contributed by atoms with Crippen LogP contribution >= 0.6 is 11.6 Å². The number of rotatable bonds is 3. The normalized spacial score (nSPS) is 22.6. The lowest BCUT2D eigenvalue weighted by Crippen LogP contribution is -2.52. The van der Waals surface area contributed by atoms with Crippen LogP contribution in [0.2, 0.25) is 5.02 Å². The number of halogens is 1. The largest absolute Gasteiger partial charge is 0.467 e. The van der Waals surface area contributed by atoms with Crippen molar-refractivity contribution in [3.8, 4) is 6.01 Å². The standard InChI is InChI=1S/C23H25ClN6O/c1-31-23-27-19-13-29(20-10-25-9-14-3-2-4-18(24)21(14)20)8-7-17(19)22(28-23)30-11-15-5-6-16(12-30)26-15/h2-4,9-10,15-16,26H,5-8,11-13H2,1H3. The lowest BCUT2D eigenvalue weighted by atomic mass is 10.0. The Morgan fingerprint density at radius 3 is 2.74 bits per heavy atom. The van der Waals surface area contributed by atoms with Crippen LogP contribution in [0.4, 0.5) is 11.5 Å². The van der Waals surface area contributed by atoms with E-state index in [2.05, 4.69) is 26.2 Å². The van der Waals surface area contributed by atoms with Crippen molar-refractivity contribution < 1.29 is 4.74 Å². The maximum atomic E-state index is 6.58. The number of benzene rings is 1. The summed E-state index contributed by atoms with van der Waals surface area (Å²) in [6.45, 7) is 3.55. The van der Waals surface area contributed by atoms with Gasteiger partial charge in [0.2, 0.25) is 0 Å². The van der Waals surface area contributed by atoms with E-state index in [-0.39, 0.29) is 0 Å². The molecule has 0 amide bonds. The predicted molar refractivity (Wildman–Crippen MR) is 122 cm³/mol. The van der Waals surface area contributed by atoms with Crippen LogP contribution < -0.4 is 19.9 Å². The molecule has 0 aliphatic carbocycles. The predicted octanol–water partition coefficient (Wildman–Crippen LogP) is 3.19. The minimum Gasteiger partial charge on any atom is -0.467 e. The smallest absolute Gasteiger partial charge is 0.318 e. The summed E-state index contributed by atoms with van der Waals surface area (Å²) in [5, 5.41) is 6.55. The summed E-state index contributed by atoms with van der Waals surface area (Å²) in [7, 11) is 1.64. The maximum absolute atomic E-state index is 6.58. The SMILES string of the molecule is COc1nc2c(c(N3CC4CCC(C3)N4)n1)CCN(c1cncc3cccc(Cl)c13)C2. The van der Waals surface area contributed by atoms with Crippen molar-refractivity contribution in [3.05, 3.63) is 46.9 Å². The molecule has 0 saturated carbocycles. The first-order valence-electron chi connectivity index (χ1n) is 10.9. The molecule has 2 bridgehead atoms. The van der Waals surface area contributed by atoms with Crippen molar-refractivity contribution >= 4 is 33.9 Å². The number of hydrogen-bond donors (Lipinski definition) is 1. The van der Waals surface area contributed by atoms with Gasteiger partial charge >= 0.3 is 6.01 Å². The fourth-order valence-electron chi connectivity index (χ4n) is 5.33. The number of hydrogen-bond acceptors (Lipinski definition) is 7. The topological polar surface area (TPSA) is 66.4 Å². The Hall–Kier alpha value is -2.64. The van der Waals surface area contributed by atoms with Crippen molar-refractivity contribution in [3.63, 3.8) is 0 Å². The molecule has 3 aliphatic heterocycles. The zero-order valence-corrected chi connectivity index (χ0v) is 18.3. The Balaban J connectivity index is 1.38. The lowest BCUT2D eigenvalue weighted by molar-refractivity contribution is 0.374. The van der Waals surface area contributed by atoms with Gasteiger partial charge in [0.15, 0.2) is 0 Å². The van der Waals surface area contributed by atoms with E-state index < -0.39 is 0 Å². The third-order valence-corrected chi connectivity index (χ3v) is 7.09. The molecular weight excluding hydrogens is 412 g/mol. The molecule has 3 aliphatic rings. The van der Waals surface area contributed by atoms with Gasteiger partial charge in [-0.2, -0.15) is 9.97 Å². The summed E-state index contributed by atoms with van der Waals surface area (Å²) in [5.41, 5.74) is 3.33. The van der Waals surface area contributed by atoms with Crippen LogP contribution in [-0.4, -0.2) is 53.8 Å². The second-order valence-electron chi connectivity index (χ2n) is 8.67. The second kappa shape index (κ2) is 7.50. The van der Waals surface area contributed by atoms with Gasteiger partial charge < -0.3 is 19.9 Å². The van der Waals surface area contributed by atoms with E-state index in [1.54, 1.807) is 7.11 Å². The Morgan fingerprint density at radius 1 is 1.10 bits per heavy atom. The van der Waals surface area contributed by atoms with Gasteiger partial charge in [-0.25, -0.2) is 0 Å². The van der Waals surface area contributed by atoms with Crippen LogP contribution in [0.5, 0.6) is 6.01 Å². The molecule has 2 saturated heterocycles. The van der Waals surface area contributed by atoms with Gasteiger partial charge in [0, 0.05) is 54.3 Å². The van der Waals surface area contributed by atoms with Gasteiger partial charge in [-0.1, -0.05) is 23.7 Å². The van der Waals surface area contributed by atoms with Crippen LogP contribution in [0.1, 0.15) is 24.1 Å². The highest BCUT2D eigenvalue weighted by molar-refractivity contribution is 6.36. The maximum Gasteiger partial charge on any atom is 0.318 e. The first-order valence-corrected chi connectivity index (χ1v) is 11.3. The molecule has 1 N–H and O–H groups in total. The number of pyridine rings is 1. The number of nitrogens with zero attached hydrogens (tertiary/aromatic N) is 5. The third kappa shape index (κ3) is 3.27. The van der Waals surface area contributed by atoms with Crippen molar-refractivity contribution in [1.82, 2.24) is 20.3 Å². The number of aromatic nitrogens is 3. The number of fused-ring (bicyclic) bond motifs is 4. The third-order valence-electron chi connectivity index (χ3n) is 6.77. The number of methoxy groups -OCH3 is 1. The molecule has 2 fully saturated rings. The second-order valence-corrected chi connectivity index (χ2v) is 9.08. The zero-order chi connectivity index (χ0) is 20.9. The van der Waals surface area contributed by atoms with Crippen LogP contribution in [0.25, 0.3) is 10.8 Å². The summed E-state index contributed by atoms with van der Waals surface area (Å²) in [4.78, 5) is 18.8. The molecule has 2 unspecified atom stereocenters. The minimum absolute atomic E-state index is 0.440. The monoisotopic (exact) mass is 436 g/mol. The van der Waals surface area contributed by atoms with Crippen molar-refractivity contribution in [2.45, 2.75) is 37.9 Å². The first kappa shape index (κ1) is 19.1. The molecular formula is C23H25ClN6O. The van der Waals surface area contributed by atoms with Crippen molar-refractivity contribution in [2.24, 2.45) is 0 Å². The van der Waals surface area contributed by atoms with Crippen LogP contribution in [-0.2, 0) is 13.0 Å². The molecule has 160 valence electrons. The van der Waals surface area contributed by atoms with E-state index >= 15 is 0 Å². The molecule has 31 heavy (non-hydrogen) atoms. The zero-order valence-electron chi connectivity index (χ0n) is 17.5. The fraction of sp³-hybridized carbons (Fsp3) is 0.435. The lowest BCUT2D eigenvalue weighted by Gasteiger charge is -2.37. The molecule has 6 rings (SSSR count). The van der Waals surface area contributed by atoms with E-state index in [1.165, 1.54) is 18.4 Å². The molecule has 2 aromatic heterocycles. The number of ether oxygens (including phenoxy) is 1. The molecule has 1 aromatic carbocycles. The van der Waals surface area contributed by atoms with Gasteiger partial charge in [-0.15, -0.1) is 0 Å². The average Bonchev–Trinajstić information content (AvgIpc) is 3.15. The van der Waals surface area contributed by atoms with Crippen LogP contribution in [0, 0.1) is 0 Å². The van der Waals surface area contributed by atoms with Gasteiger partial charge in [0.1, 0.15) is 5.82 Å². The quantitative estimate of drug-likeness (QED) is 0.676. The average molecular weight is 437 g/mol. The number of piperazine rings is 1.